The molecular weight excluding hydrogens is 325 g/mol. The maximum Gasteiger partial charge on any atom is 0.292 e. The van der Waals surface area contributed by atoms with Gasteiger partial charge in [0.15, 0.2) is 0 Å². The molecule has 0 aliphatic carbocycles. The topological polar surface area (TPSA) is 80.2 Å². The van der Waals surface area contributed by atoms with Crippen LogP contribution in [0.2, 0.25) is 0 Å². The van der Waals surface area contributed by atoms with E-state index in [1.807, 2.05) is 0 Å². The van der Waals surface area contributed by atoms with Gasteiger partial charge in [-0.05, 0) is 50.6 Å². The Morgan fingerprint density at radius 2 is 1.84 bits per heavy atom. The number of carbonyl (C=O) groups is 3. The van der Waals surface area contributed by atoms with Crippen LogP contribution in [-0.4, -0.2) is 28.2 Å². The van der Waals surface area contributed by atoms with Crippen LogP contribution >= 0.6 is 0 Å². The number of hydrogen-bond acceptors (Lipinski definition) is 3. The van der Waals surface area contributed by atoms with E-state index in [4.69, 9.17) is 0 Å². The Morgan fingerprint density at radius 3 is 2.44 bits per heavy atom. The van der Waals surface area contributed by atoms with E-state index >= 15 is 0 Å². The minimum absolute atomic E-state index is 0.126. The minimum atomic E-state index is -0.721. The van der Waals surface area contributed by atoms with Gasteiger partial charge in [0.1, 0.15) is 11.5 Å². The Morgan fingerprint density at radius 1 is 1.16 bits per heavy atom. The van der Waals surface area contributed by atoms with Gasteiger partial charge in [0.05, 0.1) is 0 Å². The lowest BCUT2D eigenvalue weighted by atomic mass is 10.2. The van der Waals surface area contributed by atoms with E-state index in [0.717, 1.165) is 0 Å². The molecule has 2 N–H and O–H groups in total. The Hall–Kier alpha value is -2.96. The zero-order chi connectivity index (χ0) is 18.7. The summed E-state index contributed by atoms with van der Waals surface area (Å²) in [6.45, 7) is 5.09. The molecule has 25 heavy (non-hydrogen) atoms. The zero-order valence-corrected chi connectivity index (χ0v) is 14.5. The third kappa shape index (κ3) is 4.32. The molecule has 0 radical (unpaired) electrons. The standard InChI is InChI=1S/C18H20FN3O3/c1-10(2)20-18(25)16(23)12-8-15(22(4)9-12)17(24)21-13-5-6-14(19)11(3)7-13/h5-10H,1-4H3,(H,20,25)(H,21,24). The molecule has 0 bridgehead atoms. The van der Waals surface area contributed by atoms with Gasteiger partial charge in [0, 0.05) is 30.5 Å². The number of benzene rings is 1. The van der Waals surface area contributed by atoms with Gasteiger partial charge in [0.2, 0.25) is 0 Å². The molecule has 0 aliphatic heterocycles. The second-order valence-corrected chi connectivity index (χ2v) is 6.10. The van der Waals surface area contributed by atoms with Crippen molar-refractivity contribution in [3.63, 3.8) is 0 Å². The molecule has 1 aromatic heterocycles. The van der Waals surface area contributed by atoms with Gasteiger partial charge in [-0.15, -0.1) is 0 Å². The maximum absolute atomic E-state index is 13.3. The van der Waals surface area contributed by atoms with Crippen molar-refractivity contribution in [2.45, 2.75) is 26.8 Å². The molecule has 2 rings (SSSR count). The lowest BCUT2D eigenvalue weighted by molar-refractivity contribution is -0.117. The second kappa shape index (κ2) is 7.29. The number of nitrogens with one attached hydrogen (secondary N) is 2. The number of aromatic nitrogens is 1. The number of rotatable bonds is 5. The fourth-order valence-electron chi connectivity index (χ4n) is 2.29. The van der Waals surface area contributed by atoms with E-state index in [2.05, 4.69) is 10.6 Å². The summed E-state index contributed by atoms with van der Waals surface area (Å²) in [7, 11) is 1.60. The van der Waals surface area contributed by atoms with Crippen molar-refractivity contribution in [3.8, 4) is 0 Å². The van der Waals surface area contributed by atoms with Crippen LogP contribution in [0, 0.1) is 12.7 Å². The van der Waals surface area contributed by atoms with Gasteiger partial charge >= 0.3 is 0 Å². The molecular formula is C18H20FN3O3. The first kappa shape index (κ1) is 18.4. The summed E-state index contributed by atoms with van der Waals surface area (Å²) in [4.78, 5) is 36.3. The zero-order valence-electron chi connectivity index (χ0n) is 14.5. The number of aryl methyl sites for hydroxylation is 2. The minimum Gasteiger partial charge on any atom is -0.347 e. The summed E-state index contributed by atoms with van der Waals surface area (Å²) in [5.74, 6) is -2.25. The molecule has 0 spiro atoms. The Balaban J connectivity index is 2.18. The summed E-state index contributed by atoms with van der Waals surface area (Å²) < 4.78 is 14.7. The first-order chi connectivity index (χ1) is 11.7. The highest BCUT2D eigenvalue weighted by Gasteiger charge is 2.21. The van der Waals surface area contributed by atoms with E-state index in [9.17, 15) is 18.8 Å². The van der Waals surface area contributed by atoms with Crippen LogP contribution in [0.3, 0.4) is 0 Å². The molecule has 6 nitrogen and oxygen atoms in total. The molecule has 1 aromatic carbocycles. The molecule has 0 saturated heterocycles. The molecule has 2 amide bonds. The van der Waals surface area contributed by atoms with Gasteiger partial charge in [-0.25, -0.2) is 4.39 Å². The van der Waals surface area contributed by atoms with Crippen LogP contribution in [0.4, 0.5) is 10.1 Å². The van der Waals surface area contributed by atoms with Crippen LogP contribution in [0.1, 0.15) is 40.3 Å². The summed E-state index contributed by atoms with van der Waals surface area (Å²) in [6, 6.07) is 5.42. The molecule has 0 unspecified atom stereocenters. The Bertz CT molecular complexity index is 840. The van der Waals surface area contributed by atoms with E-state index in [1.165, 1.54) is 35.0 Å². The summed E-state index contributed by atoms with van der Waals surface area (Å²) in [5.41, 5.74) is 1.19. The van der Waals surface area contributed by atoms with Crippen molar-refractivity contribution in [2.24, 2.45) is 7.05 Å². The van der Waals surface area contributed by atoms with E-state index in [0.29, 0.717) is 11.3 Å². The van der Waals surface area contributed by atoms with Crippen LogP contribution in [0.25, 0.3) is 0 Å². The highest BCUT2D eigenvalue weighted by atomic mass is 19.1. The molecule has 0 atom stereocenters. The average molecular weight is 345 g/mol. The lowest BCUT2D eigenvalue weighted by Gasteiger charge is -2.07. The predicted molar refractivity (Wildman–Crippen MR) is 92.1 cm³/mol. The van der Waals surface area contributed by atoms with Crippen LogP contribution in [-0.2, 0) is 11.8 Å². The average Bonchev–Trinajstić information content (AvgIpc) is 2.91. The largest absolute Gasteiger partial charge is 0.347 e. The molecule has 7 heteroatoms. The van der Waals surface area contributed by atoms with Crippen LogP contribution in [0.15, 0.2) is 30.5 Å². The number of halogens is 1. The second-order valence-electron chi connectivity index (χ2n) is 6.10. The van der Waals surface area contributed by atoms with Gasteiger partial charge in [0.25, 0.3) is 17.6 Å². The molecule has 132 valence electrons. The monoisotopic (exact) mass is 345 g/mol. The number of nitrogens with zero attached hydrogens (tertiary/aromatic N) is 1. The fourth-order valence-corrected chi connectivity index (χ4v) is 2.29. The highest BCUT2D eigenvalue weighted by Crippen LogP contribution is 2.16. The molecule has 0 saturated carbocycles. The van der Waals surface area contributed by atoms with Crippen LogP contribution < -0.4 is 10.6 Å². The molecule has 2 aromatic rings. The number of carbonyl (C=O) groups excluding carboxylic acids is 3. The van der Waals surface area contributed by atoms with E-state index < -0.39 is 17.6 Å². The van der Waals surface area contributed by atoms with Gasteiger partial charge in [-0.1, -0.05) is 0 Å². The van der Waals surface area contributed by atoms with E-state index in [1.54, 1.807) is 27.8 Å². The third-order valence-electron chi connectivity index (χ3n) is 3.54. The normalized spacial score (nSPS) is 10.6. The van der Waals surface area contributed by atoms with Crippen molar-refractivity contribution in [2.75, 3.05) is 5.32 Å². The molecule has 0 aliphatic rings. The molecule has 0 fully saturated rings. The smallest absolute Gasteiger partial charge is 0.292 e. The maximum atomic E-state index is 13.3. The number of hydrogen-bond donors (Lipinski definition) is 2. The van der Waals surface area contributed by atoms with Crippen LogP contribution in [0.5, 0.6) is 0 Å². The first-order valence-electron chi connectivity index (χ1n) is 7.78. The third-order valence-corrected chi connectivity index (χ3v) is 3.54. The van der Waals surface area contributed by atoms with Gasteiger partial charge in [-0.3, -0.25) is 14.4 Å². The summed E-state index contributed by atoms with van der Waals surface area (Å²) >= 11 is 0. The van der Waals surface area contributed by atoms with Crippen molar-refractivity contribution in [3.05, 3.63) is 53.1 Å². The Labute approximate surface area is 145 Å². The van der Waals surface area contributed by atoms with E-state index in [-0.39, 0.29) is 23.1 Å². The van der Waals surface area contributed by atoms with Crippen molar-refractivity contribution in [1.82, 2.24) is 9.88 Å². The first-order valence-corrected chi connectivity index (χ1v) is 7.78. The van der Waals surface area contributed by atoms with Crippen molar-refractivity contribution >= 4 is 23.3 Å². The SMILES string of the molecule is Cc1cc(NC(=O)c2cc(C(=O)C(=O)NC(C)C)cn2C)ccc1F. The number of anilines is 1. The summed E-state index contributed by atoms with van der Waals surface area (Å²) in [6.07, 6.45) is 1.42. The highest BCUT2D eigenvalue weighted by molar-refractivity contribution is 6.43. The summed E-state index contributed by atoms with van der Waals surface area (Å²) in [5, 5.41) is 5.16. The number of Topliss-reactive ketones (excluding diaryl/α,β-unsaturated/α-hetero) is 1. The molecule has 1 heterocycles. The van der Waals surface area contributed by atoms with Gasteiger partial charge in [-0.2, -0.15) is 0 Å². The van der Waals surface area contributed by atoms with Crippen molar-refractivity contribution in [1.29, 1.82) is 0 Å². The predicted octanol–water partition coefficient (Wildman–Crippen LogP) is 2.43. The fraction of sp³-hybridized carbons (Fsp3) is 0.278. The number of amides is 2. The Kier molecular flexibility index (Phi) is 5.36. The van der Waals surface area contributed by atoms with Crippen molar-refractivity contribution < 1.29 is 18.8 Å². The lowest BCUT2D eigenvalue weighted by Crippen LogP contribution is -2.35. The number of ketones is 1. The quantitative estimate of drug-likeness (QED) is 0.645. The van der Waals surface area contributed by atoms with Gasteiger partial charge < -0.3 is 15.2 Å².